The minimum atomic E-state index is -4.49. The van der Waals surface area contributed by atoms with E-state index < -0.39 is 12.2 Å². The third-order valence-corrected chi connectivity index (χ3v) is 1.80. The predicted octanol–water partition coefficient (Wildman–Crippen LogP) is 3.52. The summed E-state index contributed by atoms with van der Waals surface area (Å²) in [6.45, 7) is 8.22. The zero-order chi connectivity index (χ0) is 10.8. The van der Waals surface area contributed by atoms with E-state index >= 15 is 0 Å². The highest BCUT2D eigenvalue weighted by atomic mass is 19.4. The molecule has 0 radical (unpaired) electrons. The summed E-state index contributed by atoms with van der Waals surface area (Å²) in [6.07, 6.45) is -4.49. The molecular weight excluding hydrogens is 191 g/mol. The Kier molecular flexibility index (Phi) is 2.80. The van der Waals surface area contributed by atoms with Gasteiger partial charge in [-0.15, -0.1) is 0 Å². The van der Waals surface area contributed by atoms with Crippen LogP contribution in [0.1, 0.15) is 17.2 Å². The summed E-state index contributed by atoms with van der Waals surface area (Å²) in [5.41, 5.74) is 0.730. The highest BCUT2D eigenvalue weighted by Gasteiger charge is 2.47. The van der Waals surface area contributed by atoms with Gasteiger partial charge in [0, 0.05) is 5.56 Å². The molecule has 0 N–H and O–H groups in total. The second-order valence-electron chi connectivity index (χ2n) is 2.99. The van der Waals surface area contributed by atoms with Crippen molar-refractivity contribution in [1.82, 2.24) is 0 Å². The number of nitrogens with zero attached hydrogens (tertiary/aromatic N) is 1. The van der Waals surface area contributed by atoms with E-state index in [1.54, 1.807) is 13.0 Å². The third kappa shape index (κ3) is 2.25. The molecule has 1 unspecified atom stereocenters. The van der Waals surface area contributed by atoms with E-state index in [2.05, 4.69) is 4.85 Å². The lowest BCUT2D eigenvalue weighted by atomic mass is 10.0. The monoisotopic (exact) mass is 199 g/mol. The molecule has 0 amide bonds. The topological polar surface area (TPSA) is 4.36 Å². The summed E-state index contributed by atoms with van der Waals surface area (Å²) in [6, 6.07) is 3.89. The average Bonchev–Trinajstić information content (AvgIpc) is 2.02. The van der Waals surface area contributed by atoms with E-state index in [0.717, 1.165) is 5.56 Å². The van der Waals surface area contributed by atoms with Gasteiger partial charge in [0.05, 0.1) is 0 Å². The van der Waals surface area contributed by atoms with Crippen molar-refractivity contribution in [3.05, 3.63) is 46.8 Å². The Morgan fingerprint density at radius 2 is 2.00 bits per heavy atom. The molecule has 1 nitrogen and oxygen atoms in total. The van der Waals surface area contributed by atoms with Gasteiger partial charge in [-0.1, -0.05) is 23.8 Å². The third-order valence-electron chi connectivity index (χ3n) is 1.80. The van der Waals surface area contributed by atoms with Crippen molar-refractivity contribution >= 4 is 0 Å². The van der Waals surface area contributed by atoms with E-state index in [9.17, 15) is 13.2 Å². The number of rotatable bonds is 1. The summed E-state index contributed by atoms with van der Waals surface area (Å²) in [5.74, 6) is 0. The summed E-state index contributed by atoms with van der Waals surface area (Å²) in [7, 11) is 0. The molecule has 4 heteroatoms. The molecule has 0 saturated heterocycles. The number of halogens is 3. The van der Waals surface area contributed by atoms with Crippen LogP contribution < -0.4 is 0 Å². The molecule has 0 aliphatic heterocycles. The molecule has 14 heavy (non-hydrogen) atoms. The molecule has 1 aromatic carbocycles. The lowest BCUT2D eigenvalue weighted by Crippen LogP contribution is -2.17. The zero-order valence-electron chi connectivity index (χ0n) is 7.47. The predicted molar refractivity (Wildman–Crippen MR) is 46.6 cm³/mol. The number of hydrogen-bond donors (Lipinski definition) is 0. The van der Waals surface area contributed by atoms with Gasteiger partial charge in [-0.3, -0.25) is 4.85 Å². The Morgan fingerprint density at radius 3 is 2.43 bits per heavy atom. The first kappa shape index (κ1) is 10.6. The minimum absolute atomic E-state index is 0.00694. The Hall–Kier alpha value is -1.50. The number of aryl methyl sites for hydroxylation is 1. The molecule has 0 aliphatic rings. The van der Waals surface area contributed by atoms with E-state index in [1.807, 2.05) is 0 Å². The molecule has 1 atom stereocenters. The van der Waals surface area contributed by atoms with Crippen molar-refractivity contribution < 1.29 is 13.2 Å². The number of benzene rings is 1. The van der Waals surface area contributed by atoms with Crippen molar-refractivity contribution in [1.29, 1.82) is 0 Å². The summed E-state index contributed by atoms with van der Waals surface area (Å²) in [4.78, 5) is 2.60. The van der Waals surface area contributed by atoms with Gasteiger partial charge in [0.15, 0.2) is 0 Å². The molecule has 0 aliphatic carbocycles. The number of alkyl halides is 3. The largest absolute Gasteiger partial charge is 0.470 e. The quantitative estimate of drug-likeness (QED) is 0.609. The van der Waals surface area contributed by atoms with E-state index in [0.29, 0.717) is 0 Å². The van der Waals surface area contributed by atoms with Gasteiger partial charge in [0.1, 0.15) is 0 Å². The lowest BCUT2D eigenvalue weighted by Gasteiger charge is -2.09. The van der Waals surface area contributed by atoms with E-state index in [1.165, 1.54) is 18.2 Å². The fourth-order valence-corrected chi connectivity index (χ4v) is 1.18. The van der Waals surface area contributed by atoms with Crippen LogP contribution in [0, 0.1) is 13.5 Å². The minimum Gasteiger partial charge on any atom is -0.298 e. The maximum atomic E-state index is 12.3. The van der Waals surface area contributed by atoms with Crippen LogP contribution in [-0.2, 0) is 0 Å². The van der Waals surface area contributed by atoms with Gasteiger partial charge in [0.25, 0.3) is 0 Å². The van der Waals surface area contributed by atoms with Gasteiger partial charge in [-0.05, 0) is 13.0 Å². The van der Waals surface area contributed by atoms with Crippen LogP contribution in [0.15, 0.2) is 24.3 Å². The molecule has 0 fully saturated rings. The second-order valence-corrected chi connectivity index (χ2v) is 2.99. The molecule has 0 saturated carbocycles. The van der Waals surface area contributed by atoms with Crippen molar-refractivity contribution in [2.75, 3.05) is 0 Å². The van der Waals surface area contributed by atoms with Crippen molar-refractivity contribution in [3.8, 4) is 0 Å². The Balaban J connectivity index is 3.09. The van der Waals surface area contributed by atoms with Crippen LogP contribution in [0.3, 0.4) is 0 Å². The lowest BCUT2D eigenvalue weighted by molar-refractivity contribution is -0.140. The molecule has 74 valence electrons. The molecule has 0 heterocycles. The maximum absolute atomic E-state index is 12.3. The Morgan fingerprint density at radius 1 is 1.36 bits per heavy atom. The molecule has 1 aromatic rings. The fourth-order valence-electron chi connectivity index (χ4n) is 1.18. The van der Waals surface area contributed by atoms with E-state index in [-0.39, 0.29) is 5.56 Å². The molecule has 0 aromatic heterocycles. The fraction of sp³-hybridized carbons (Fsp3) is 0.300. The smallest absolute Gasteiger partial charge is 0.298 e. The van der Waals surface area contributed by atoms with Crippen LogP contribution in [0.5, 0.6) is 0 Å². The first-order valence-corrected chi connectivity index (χ1v) is 3.95. The van der Waals surface area contributed by atoms with Crippen molar-refractivity contribution in [2.45, 2.75) is 19.1 Å². The first-order chi connectivity index (χ1) is 6.45. The van der Waals surface area contributed by atoms with Crippen LogP contribution in [0.2, 0.25) is 0 Å². The van der Waals surface area contributed by atoms with Gasteiger partial charge >= 0.3 is 12.2 Å². The summed E-state index contributed by atoms with van der Waals surface area (Å²) in [5, 5.41) is 0. The van der Waals surface area contributed by atoms with E-state index in [4.69, 9.17) is 6.57 Å². The standard InChI is InChI=1S/C10H8F3N/c1-7-4-3-5-8(6-7)9(14-2)10(11,12)13/h3-6,9H,1H3. The van der Waals surface area contributed by atoms with Crippen LogP contribution in [-0.4, -0.2) is 6.18 Å². The summed E-state index contributed by atoms with van der Waals surface area (Å²) >= 11 is 0. The van der Waals surface area contributed by atoms with Crippen LogP contribution in [0.25, 0.3) is 4.85 Å². The maximum Gasteiger partial charge on any atom is 0.470 e. The number of hydrogen-bond acceptors (Lipinski definition) is 0. The highest BCUT2D eigenvalue weighted by molar-refractivity contribution is 5.28. The summed E-state index contributed by atoms with van der Waals surface area (Å²) < 4.78 is 37.0. The van der Waals surface area contributed by atoms with Gasteiger partial charge < -0.3 is 0 Å². The molecule has 1 rings (SSSR count). The van der Waals surface area contributed by atoms with Crippen molar-refractivity contribution in [2.24, 2.45) is 0 Å². The van der Waals surface area contributed by atoms with Gasteiger partial charge in [-0.25, -0.2) is 6.57 Å². The SMILES string of the molecule is [C-]#[N+]C(c1cccc(C)c1)C(F)(F)F. The Bertz CT molecular complexity index is 362. The highest BCUT2D eigenvalue weighted by Crippen LogP contribution is 2.35. The van der Waals surface area contributed by atoms with Crippen LogP contribution in [0.4, 0.5) is 13.2 Å². The normalized spacial score (nSPS) is 13.4. The average molecular weight is 199 g/mol. The molecule has 0 spiro atoms. The Labute approximate surface area is 80.0 Å². The van der Waals surface area contributed by atoms with Crippen LogP contribution >= 0.6 is 0 Å². The first-order valence-electron chi connectivity index (χ1n) is 3.95. The van der Waals surface area contributed by atoms with Gasteiger partial charge in [0.2, 0.25) is 0 Å². The second kappa shape index (κ2) is 3.70. The van der Waals surface area contributed by atoms with Gasteiger partial charge in [-0.2, -0.15) is 13.2 Å². The molecule has 0 bridgehead atoms. The van der Waals surface area contributed by atoms with Crippen molar-refractivity contribution in [3.63, 3.8) is 0 Å². The molecular formula is C10H8F3N. The zero-order valence-corrected chi connectivity index (χ0v) is 7.47.